The lowest BCUT2D eigenvalue weighted by atomic mass is 10.1. The summed E-state index contributed by atoms with van der Waals surface area (Å²) in [5.41, 5.74) is 5.18. The first kappa shape index (κ1) is 35.2. The lowest BCUT2D eigenvalue weighted by Crippen LogP contribution is -2.23. The van der Waals surface area contributed by atoms with Crippen molar-refractivity contribution in [3.63, 3.8) is 0 Å². The van der Waals surface area contributed by atoms with Gasteiger partial charge in [0, 0.05) is 13.0 Å². The van der Waals surface area contributed by atoms with E-state index in [0.29, 0.717) is 6.42 Å². The van der Waals surface area contributed by atoms with Gasteiger partial charge in [0.2, 0.25) is 0 Å². The highest BCUT2D eigenvalue weighted by atomic mass is 31.2. The average Bonchev–Trinajstić information content (AvgIpc) is 2.86. The van der Waals surface area contributed by atoms with Crippen molar-refractivity contribution in [1.29, 1.82) is 0 Å². The molecule has 0 aliphatic heterocycles. The number of aliphatic hydroxyl groups is 1. The van der Waals surface area contributed by atoms with Crippen molar-refractivity contribution in [2.45, 2.75) is 129 Å². The molecule has 0 amide bonds. The predicted octanol–water partition coefficient (Wildman–Crippen LogP) is 6.58. The normalized spacial score (nSPS) is 14.2. The molecule has 4 N–H and O–H groups in total. The number of esters is 1. The molecule has 0 aromatic heterocycles. The van der Waals surface area contributed by atoms with E-state index in [9.17, 15) is 19.4 Å². The number of phosphoric ester groups is 1. The van der Waals surface area contributed by atoms with E-state index >= 15 is 0 Å². The zero-order valence-corrected chi connectivity index (χ0v) is 23.6. The number of aliphatic hydroxyl groups excluding tert-OH is 1. The van der Waals surface area contributed by atoms with Crippen LogP contribution in [0.5, 0.6) is 0 Å². The molecule has 0 bridgehead atoms. The van der Waals surface area contributed by atoms with Crippen LogP contribution in [0.25, 0.3) is 0 Å². The molecule has 0 radical (unpaired) electrons. The SMILES string of the molecule is CCCCCCCC/C=C\CCCCCCCCCCCC(=O)OCC(O)COP(=O)(O)OCCN. The Hall–Kier alpha value is -0.760. The first-order chi connectivity index (χ1) is 17.4. The third-order valence-electron chi connectivity index (χ3n) is 5.88. The molecule has 0 aliphatic carbocycles. The van der Waals surface area contributed by atoms with Gasteiger partial charge in [-0.15, -0.1) is 0 Å². The summed E-state index contributed by atoms with van der Waals surface area (Å²) < 4.78 is 25.6. The lowest BCUT2D eigenvalue weighted by Gasteiger charge is -2.15. The summed E-state index contributed by atoms with van der Waals surface area (Å²) in [4.78, 5) is 21.1. The van der Waals surface area contributed by atoms with Crippen LogP contribution in [0.1, 0.15) is 122 Å². The van der Waals surface area contributed by atoms with Crippen molar-refractivity contribution in [2.75, 3.05) is 26.4 Å². The zero-order valence-electron chi connectivity index (χ0n) is 22.7. The van der Waals surface area contributed by atoms with Crippen LogP contribution in [-0.2, 0) is 23.1 Å². The molecule has 0 saturated carbocycles. The second kappa shape index (κ2) is 25.9. The van der Waals surface area contributed by atoms with Gasteiger partial charge in [0.05, 0.1) is 13.2 Å². The van der Waals surface area contributed by atoms with E-state index in [4.69, 9.17) is 10.5 Å². The number of unbranched alkanes of at least 4 members (excludes halogenated alkanes) is 15. The number of phosphoric acid groups is 1. The highest BCUT2D eigenvalue weighted by molar-refractivity contribution is 7.47. The summed E-state index contributed by atoms with van der Waals surface area (Å²) in [6.45, 7) is 1.45. The second-order valence-corrected chi connectivity index (χ2v) is 10.9. The molecular formula is C27H54NO7P. The lowest BCUT2D eigenvalue weighted by molar-refractivity contribution is -0.147. The summed E-state index contributed by atoms with van der Waals surface area (Å²) in [6.07, 6.45) is 24.9. The van der Waals surface area contributed by atoms with Crippen LogP contribution >= 0.6 is 7.82 Å². The number of hydrogen-bond donors (Lipinski definition) is 3. The number of nitrogens with two attached hydrogens (primary N) is 1. The van der Waals surface area contributed by atoms with Gasteiger partial charge in [-0.25, -0.2) is 4.57 Å². The number of ether oxygens (including phenoxy) is 1. The van der Waals surface area contributed by atoms with Crippen LogP contribution in [0, 0.1) is 0 Å². The fourth-order valence-corrected chi connectivity index (χ4v) is 4.51. The van der Waals surface area contributed by atoms with Crippen molar-refractivity contribution < 1.29 is 33.1 Å². The topological polar surface area (TPSA) is 128 Å². The van der Waals surface area contributed by atoms with E-state index in [0.717, 1.165) is 19.3 Å². The van der Waals surface area contributed by atoms with E-state index < -0.39 is 20.5 Å². The minimum Gasteiger partial charge on any atom is -0.463 e. The molecule has 0 rings (SSSR count). The quantitative estimate of drug-likeness (QED) is 0.0466. The largest absolute Gasteiger partial charge is 0.472 e. The molecule has 0 aromatic rings. The Kier molecular flexibility index (Phi) is 25.3. The molecular weight excluding hydrogens is 481 g/mol. The maximum absolute atomic E-state index is 11.8. The van der Waals surface area contributed by atoms with Gasteiger partial charge in [0.25, 0.3) is 0 Å². The molecule has 9 heteroatoms. The Morgan fingerprint density at radius 3 is 1.83 bits per heavy atom. The molecule has 2 atom stereocenters. The maximum atomic E-state index is 11.8. The summed E-state index contributed by atoms with van der Waals surface area (Å²) in [5.74, 6) is -0.387. The highest BCUT2D eigenvalue weighted by Crippen LogP contribution is 2.42. The average molecular weight is 536 g/mol. The van der Waals surface area contributed by atoms with Crippen molar-refractivity contribution >= 4 is 13.8 Å². The van der Waals surface area contributed by atoms with Crippen molar-refractivity contribution in [3.8, 4) is 0 Å². The number of rotatable bonds is 27. The van der Waals surface area contributed by atoms with Gasteiger partial charge >= 0.3 is 13.8 Å². The Bertz CT molecular complexity index is 574. The van der Waals surface area contributed by atoms with Crippen LogP contribution in [0.2, 0.25) is 0 Å². The molecule has 0 saturated heterocycles. The van der Waals surface area contributed by atoms with Gasteiger partial charge in [0.1, 0.15) is 12.7 Å². The van der Waals surface area contributed by atoms with Crippen LogP contribution in [-0.4, -0.2) is 48.4 Å². The van der Waals surface area contributed by atoms with E-state index in [1.54, 1.807) is 0 Å². The van der Waals surface area contributed by atoms with Crippen molar-refractivity contribution in [1.82, 2.24) is 0 Å². The van der Waals surface area contributed by atoms with Gasteiger partial charge in [-0.3, -0.25) is 13.8 Å². The number of hydrogen-bond acceptors (Lipinski definition) is 7. The van der Waals surface area contributed by atoms with Crippen LogP contribution < -0.4 is 5.73 Å². The Morgan fingerprint density at radius 2 is 1.31 bits per heavy atom. The summed E-state index contributed by atoms with van der Waals surface area (Å²) in [7, 11) is -4.24. The Labute approximate surface area is 220 Å². The van der Waals surface area contributed by atoms with Crippen LogP contribution in [0.15, 0.2) is 12.2 Å². The first-order valence-electron chi connectivity index (χ1n) is 14.2. The van der Waals surface area contributed by atoms with Crippen LogP contribution in [0.3, 0.4) is 0 Å². The first-order valence-corrected chi connectivity index (χ1v) is 15.7. The van der Waals surface area contributed by atoms with Gasteiger partial charge in [-0.1, -0.05) is 96.1 Å². The molecule has 2 unspecified atom stereocenters. The monoisotopic (exact) mass is 535 g/mol. The smallest absolute Gasteiger partial charge is 0.463 e. The fourth-order valence-electron chi connectivity index (χ4n) is 3.74. The fraction of sp³-hybridized carbons (Fsp3) is 0.889. The number of allylic oxidation sites excluding steroid dienone is 2. The van der Waals surface area contributed by atoms with Gasteiger partial charge in [-0.05, 0) is 32.1 Å². The summed E-state index contributed by atoms with van der Waals surface area (Å²) >= 11 is 0. The third-order valence-corrected chi connectivity index (χ3v) is 6.87. The molecule has 0 spiro atoms. The number of carbonyl (C=O) groups is 1. The minimum absolute atomic E-state index is 0.0750. The molecule has 36 heavy (non-hydrogen) atoms. The van der Waals surface area contributed by atoms with Crippen molar-refractivity contribution in [3.05, 3.63) is 12.2 Å². The summed E-state index contributed by atoms with van der Waals surface area (Å²) in [6, 6.07) is 0. The van der Waals surface area contributed by atoms with Crippen molar-refractivity contribution in [2.24, 2.45) is 5.73 Å². The minimum atomic E-state index is -4.24. The molecule has 8 nitrogen and oxygen atoms in total. The Balaban J connectivity index is 3.40. The molecule has 0 heterocycles. The highest BCUT2D eigenvalue weighted by Gasteiger charge is 2.22. The summed E-state index contributed by atoms with van der Waals surface area (Å²) in [5, 5.41) is 9.70. The van der Waals surface area contributed by atoms with Gasteiger partial charge < -0.3 is 20.5 Å². The Morgan fingerprint density at radius 1 is 0.806 bits per heavy atom. The molecule has 214 valence electrons. The van der Waals surface area contributed by atoms with E-state index in [1.165, 1.54) is 89.9 Å². The second-order valence-electron chi connectivity index (χ2n) is 9.47. The predicted molar refractivity (Wildman–Crippen MR) is 146 cm³/mol. The van der Waals surface area contributed by atoms with E-state index in [-0.39, 0.29) is 25.7 Å². The molecule has 0 fully saturated rings. The van der Waals surface area contributed by atoms with E-state index in [1.807, 2.05) is 0 Å². The third kappa shape index (κ3) is 26.3. The maximum Gasteiger partial charge on any atom is 0.472 e. The van der Waals surface area contributed by atoms with E-state index in [2.05, 4.69) is 28.1 Å². The molecule has 0 aromatic carbocycles. The standard InChI is InChI=1S/C27H54NO7P/c1-2-3-4-5-6-7-8-9-10-11-12-13-14-15-16-17-18-19-20-21-27(30)33-24-26(29)25-35-36(31,32)34-23-22-28/h9-10,26,29H,2-8,11-25,28H2,1H3,(H,31,32)/b10-9-. The van der Waals surface area contributed by atoms with Gasteiger partial charge in [0.15, 0.2) is 0 Å². The van der Waals surface area contributed by atoms with Gasteiger partial charge in [-0.2, -0.15) is 0 Å². The zero-order chi connectivity index (χ0) is 26.7. The number of carbonyl (C=O) groups excluding carboxylic acids is 1. The van der Waals surface area contributed by atoms with Crippen LogP contribution in [0.4, 0.5) is 0 Å². The molecule has 0 aliphatic rings.